The van der Waals surface area contributed by atoms with Crippen LogP contribution in [0.4, 0.5) is 0 Å². The average Bonchev–Trinajstić information content (AvgIpc) is 3.00. The Bertz CT molecular complexity index is 429. The number of rotatable bonds is 3. The molecule has 2 aliphatic rings. The lowest BCUT2D eigenvalue weighted by molar-refractivity contribution is 0.191. The predicted molar refractivity (Wildman–Crippen MR) is 78.5 cm³/mol. The summed E-state index contributed by atoms with van der Waals surface area (Å²) in [4.78, 5) is 4.77. The van der Waals surface area contributed by atoms with Crippen LogP contribution in [0.2, 0.25) is 0 Å². The fourth-order valence-electron chi connectivity index (χ4n) is 3.80. The van der Waals surface area contributed by atoms with E-state index in [1.165, 1.54) is 44.9 Å². The van der Waals surface area contributed by atoms with E-state index in [4.69, 9.17) is 15.2 Å². The Hall–Kier alpha value is -0.900. The minimum absolute atomic E-state index is 0.0492. The molecule has 2 N–H and O–H groups in total. The van der Waals surface area contributed by atoms with E-state index in [0.29, 0.717) is 12.5 Å². The van der Waals surface area contributed by atoms with Crippen LogP contribution in [0.5, 0.6) is 0 Å². The van der Waals surface area contributed by atoms with Crippen LogP contribution in [-0.2, 0) is 5.41 Å². The third kappa shape index (κ3) is 2.62. The van der Waals surface area contributed by atoms with Crippen LogP contribution in [-0.4, -0.2) is 16.7 Å². The number of nitrogens with two attached hydrogens (primary N) is 1. The lowest BCUT2D eigenvalue weighted by Gasteiger charge is -2.35. The molecular formula is C16H27N3O. The summed E-state index contributed by atoms with van der Waals surface area (Å²) in [5, 5.41) is 4.29. The maximum absolute atomic E-state index is 6.08. The van der Waals surface area contributed by atoms with E-state index in [0.717, 1.165) is 30.5 Å². The molecule has 0 spiro atoms. The van der Waals surface area contributed by atoms with Gasteiger partial charge in [0.05, 0.1) is 5.41 Å². The van der Waals surface area contributed by atoms with Gasteiger partial charge in [0.15, 0.2) is 5.82 Å². The van der Waals surface area contributed by atoms with Crippen LogP contribution in [0.15, 0.2) is 4.52 Å². The van der Waals surface area contributed by atoms with E-state index in [-0.39, 0.29) is 5.41 Å². The monoisotopic (exact) mass is 277 g/mol. The Morgan fingerprint density at radius 2 is 1.85 bits per heavy atom. The smallest absolute Gasteiger partial charge is 0.234 e. The average molecular weight is 277 g/mol. The summed E-state index contributed by atoms with van der Waals surface area (Å²) < 4.78 is 5.65. The summed E-state index contributed by atoms with van der Waals surface area (Å²) in [7, 11) is 0. The maximum Gasteiger partial charge on any atom is 0.234 e. The Balaban J connectivity index is 1.77. The summed E-state index contributed by atoms with van der Waals surface area (Å²) in [6, 6.07) is 0. The highest BCUT2D eigenvalue weighted by atomic mass is 16.5. The van der Waals surface area contributed by atoms with Crippen molar-refractivity contribution in [3.05, 3.63) is 11.7 Å². The Morgan fingerprint density at radius 1 is 1.15 bits per heavy atom. The van der Waals surface area contributed by atoms with Gasteiger partial charge >= 0.3 is 0 Å². The van der Waals surface area contributed by atoms with Crippen molar-refractivity contribution in [1.29, 1.82) is 0 Å². The summed E-state index contributed by atoms with van der Waals surface area (Å²) >= 11 is 0. The molecule has 1 aromatic heterocycles. The quantitative estimate of drug-likeness (QED) is 0.918. The maximum atomic E-state index is 6.08. The van der Waals surface area contributed by atoms with E-state index in [1.807, 2.05) is 0 Å². The number of hydrogen-bond acceptors (Lipinski definition) is 4. The molecule has 0 atom stereocenters. The van der Waals surface area contributed by atoms with Gasteiger partial charge in [-0.15, -0.1) is 0 Å². The molecule has 20 heavy (non-hydrogen) atoms. The van der Waals surface area contributed by atoms with Crippen molar-refractivity contribution in [3.8, 4) is 0 Å². The topological polar surface area (TPSA) is 64.9 Å². The predicted octanol–water partition coefficient (Wildman–Crippen LogP) is 3.52. The van der Waals surface area contributed by atoms with Crippen LogP contribution in [0.1, 0.15) is 82.3 Å². The molecule has 2 aliphatic carbocycles. The van der Waals surface area contributed by atoms with E-state index >= 15 is 0 Å². The van der Waals surface area contributed by atoms with Gasteiger partial charge in [-0.2, -0.15) is 4.98 Å². The first kappa shape index (κ1) is 14.1. The van der Waals surface area contributed by atoms with Gasteiger partial charge < -0.3 is 10.3 Å². The van der Waals surface area contributed by atoms with Crippen molar-refractivity contribution in [3.63, 3.8) is 0 Å². The van der Waals surface area contributed by atoms with E-state index < -0.39 is 0 Å². The van der Waals surface area contributed by atoms with Crippen molar-refractivity contribution in [2.45, 2.75) is 76.0 Å². The van der Waals surface area contributed by atoms with E-state index in [2.05, 4.69) is 12.1 Å². The third-order valence-electron chi connectivity index (χ3n) is 5.49. The third-order valence-corrected chi connectivity index (χ3v) is 5.49. The molecule has 0 aromatic carbocycles. The summed E-state index contributed by atoms with van der Waals surface area (Å²) in [5.74, 6) is 3.06. The van der Waals surface area contributed by atoms with Crippen molar-refractivity contribution >= 4 is 0 Å². The molecule has 112 valence electrons. The number of hydrogen-bond donors (Lipinski definition) is 1. The summed E-state index contributed by atoms with van der Waals surface area (Å²) in [5.41, 5.74) is 6.03. The molecule has 4 nitrogen and oxygen atoms in total. The largest absolute Gasteiger partial charge is 0.339 e. The van der Waals surface area contributed by atoms with Crippen LogP contribution in [0.3, 0.4) is 0 Å². The van der Waals surface area contributed by atoms with Crippen LogP contribution < -0.4 is 5.73 Å². The highest BCUT2D eigenvalue weighted by molar-refractivity contribution is 5.10. The fraction of sp³-hybridized carbons (Fsp3) is 0.875. The standard InChI is InChI=1S/C16H27N3O/c1-12-7-9-16(11-17,10-8-12)15-18-14(19-20-15)13-5-3-2-4-6-13/h12-13H,2-11,17H2,1H3. The first-order chi connectivity index (χ1) is 9.73. The first-order valence-electron chi connectivity index (χ1n) is 8.28. The van der Waals surface area contributed by atoms with Gasteiger partial charge in [0, 0.05) is 12.5 Å². The fourth-order valence-corrected chi connectivity index (χ4v) is 3.80. The van der Waals surface area contributed by atoms with Gasteiger partial charge in [-0.3, -0.25) is 0 Å². The highest BCUT2D eigenvalue weighted by Crippen LogP contribution is 2.41. The zero-order chi connectivity index (χ0) is 14.0. The van der Waals surface area contributed by atoms with E-state index in [1.54, 1.807) is 0 Å². The molecule has 1 aromatic rings. The molecule has 0 radical (unpaired) electrons. The van der Waals surface area contributed by atoms with Crippen molar-refractivity contribution in [2.24, 2.45) is 11.7 Å². The zero-order valence-electron chi connectivity index (χ0n) is 12.6. The molecule has 0 unspecified atom stereocenters. The van der Waals surface area contributed by atoms with Crippen LogP contribution in [0.25, 0.3) is 0 Å². The second-order valence-electron chi connectivity index (χ2n) is 6.96. The number of aromatic nitrogens is 2. The highest BCUT2D eigenvalue weighted by Gasteiger charge is 2.40. The second-order valence-corrected chi connectivity index (χ2v) is 6.96. The minimum Gasteiger partial charge on any atom is -0.339 e. The Morgan fingerprint density at radius 3 is 2.50 bits per heavy atom. The van der Waals surface area contributed by atoms with Gasteiger partial charge in [-0.1, -0.05) is 31.3 Å². The lowest BCUT2D eigenvalue weighted by Crippen LogP contribution is -2.39. The van der Waals surface area contributed by atoms with Crippen LogP contribution >= 0.6 is 0 Å². The molecule has 0 saturated heterocycles. The second kappa shape index (κ2) is 5.84. The summed E-state index contributed by atoms with van der Waals surface area (Å²) in [6.07, 6.45) is 11.0. The van der Waals surface area contributed by atoms with Gasteiger partial charge in [0.1, 0.15) is 0 Å². The first-order valence-corrected chi connectivity index (χ1v) is 8.28. The molecule has 2 fully saturated rings. The lowest BCUT2D eigenvalue weighted by atomic mass is 9.70. The molecule has 0 aliphatic heterocycles. The van der Waals surface area contributed by atoms with Gasteiger partial charge in [0.2, 0.25) is 5.89 Å². The molecule has 3 rings (SSSR count). The molecule has 0 bridgehead atoms. The van der Waals surface area contributed by atoms with E-state index in [9.17, 15) is 0 Å². The molecule has 4 heteroatoms. The molecule has 0 amide bonds. The van der Waals surface area contributed by atoms with Gasteiger partial charge in [-0.25, -0.2) is 0 Å². The molecule has 1 heterocycles. The normalized spacial score (nSPS) is 32.4. The van der Waals surface area contributed by atoms with Crippen LogP contribution in [0, 0.1) is 5.92 Å². The minimum atomic E-state index is -0.0492. The van der Waals surface area contributed by atoms with Crippen molar-refractivity contribution < 1.29 is 4.52 Å². The van der Waals surface area contributed by atoms with Gasteiger partial charge in [-0.05, 0) is 44.4 Å². The zero-order valence-corrected chi connectivity index (χ0v) is 12.6. The van der Waals surface area contributed by atoms with Crippen molar-refractivity contribution in [1.82, 2.24) is 10.1 Å². The SMILES string of the molecule is CC1CCC(CN)(c2nc(C3CCCCC3)no2)CC1. The Labute approximate surface area is 121 Å². The number of nitrogens with zero attached hydrogens (tertiary/aromatic N) is 2. The van der Waals surface area contributed by atoms with Gasteiger partial charge in [0.25, 0.3) is 0 Å². The molecular weight excluding hydrogens is 250 g/mol. The summed E-state index contributed by atoms with van der Waals surface area (Å²) in [6.45, 7) is 2.95. The van der Waals surface area contributed by atoms with Crippen molar-refractivity contribution in [2.75, 3.05) is 6.54 Å². The Kier molecular flexibility index (Phi) is 4.11. The molecule has 2 saturated carbocycles.